The van der Waals surface area contributed by atoms with E-state index in [0.717, 1.165) is 0 Å². The zero-order valence-electron chi connectivity index (χ0n) is 13.3. The van der Waals surface area contributed by atoms with Crippen LogP contribution in [-0.2, 0) is 14.3 Å². The smallest absolute Gasteiger partial charge is 0.226 e. The Hall–Kier alpha value is -1.14. The summed E-state index contributed by atoms with van der Waals surface area (Å²) in [5, 5.41) is 12.3. The molecule has 0 radical (unpaired) electrons. The fourth-order valence-electron chi connectivity index (χ4n) is 3.60. The highest BCUT2D eigenvalue weighted by atomic mass is 16.5. The van der Waals surface area contributed by atoms with Gasteiger partial charge in [0.2, 0.25) is 11.8 Å². The summed E-state index contributed by atoms with van der Waals surface area (Å²) >= 11 is 0. The Balaban J connectivity index is 1.55. The molecule has 0 aromatic rings. The van der Waals surface area contributed by atoms with Crippen LogP contribution in [0.1, 0.15) is 33.1 Å². The van der Waals surface area contributed by atoms with E-state index in [4.69, 9.17) is 4.74 Å². The lowest BCUT2D eigenvalue weighted by molar-refractivity contribution is -0.152. The number of morpholine rings is 1. The van der Waals surface area contributed by atoms with E-state index in [1.807, 2.05) is 4.90 Å². The molecule has 3 aliphatic rings. The van der Waals surface area contributed by atoms with Gasteiger partial charge in [-0.15, -0.1) is 0 Å². The molecule has 6 heteroatoms. The SMILES string of the molecule is CC(C)CNC(=O)C1CC2CN(C(=O)C3CC(O)C3)CC1O2. The van der Waals surface area contributed by atoms with Gasteiger partial charge >= 0.3 is 0 Å². The second-order valence-electron chi connectivity index (χ2n) is 7.34. The van der Waals surface area contributed by atoms with Crippen molar-refractivity contribution in [2.24, 2.45) is 17.8 Å². The minimum atomic E-state index is -0.318. The van der Waals surface area contributed by atoms with Gasteiger partial charge in [0.25, 0.3) is 0 Å². The van der Waals surface area contributed by atoms with Gasteiger partial charge in [0.1, 0.15) is 0 Å². The molecule has 0 aromatic carbocycles. The van der Waals surface area contributed by atoms with Crippen LogP contribution in [0.4, 0.5) is 0 Å². The maximum Gasteiger partial charge on any atom is 0.226 e. The van der Waals surface area contributed by atoms with E-state index >= 15 is 0 Å². The van der Waals surface area contributed by atoms with Crippen LogP contribution in [0.3, 0.4) is 0 Å². The maximum absolute atomic E-state index is 12.4. The van der Waals surface area contributed by atoms with Gasteiger partial charge < -0.3 is 20.1 Å². The van der Waals surface area contributed by atoms with Crippen LogP contribution in [0.5, 0.6) is 0 Å². The fraction of sp³-hybridized carbons (Fsp3) is 0.875. The third kappa shape index (κ3) is 3.13. The number of nitrogens with zero attached hydrogens (tertiary/aromatic N) is 1. The summed E-state index contributed by atoms with van der Waals surface area (Å²) in [5.41, 5.74) is 0. The Morgan fingerprint density at radius 2 is 2.00 bits per heavy atom. The number of amides is 2. The van der Waals surface area contributed by atoms with Crippen LogP contribution < -0.4 is 5.32 Å². The highest BCUT2D eigenvalue weighted by Crippen LogP contribution is 2.35. The van der Waals surface area contributed by atoms with Crippen LogP contribution >= 0.6 is 0 Å². The summed E-state index contributed by atoms with van der Waals surface area (Å²) in [6.45, 7) is 5.89. The third-order valence-corrected chi connectivity index (χ3v) is 4.95. The average molecular weight is 310 g/mol. The number of ether oxygens (including phenoxy) is 1. The van der Waals surface area contributed by atoms with Gasteiger partial charge in [-0.05, 0) is 25.2 Å². The van der Waals surface area contributed by atoms with Gasteiger partial charge in [-0.2, -0.15) is 0 Å². The number of likely N-dealkylation sites (tertiary alicyclic amines) is 1. The molecule has 2 aliphatic heterocycles. The average Bonchev–Trinajstić information content (AvgIpc) is 2.75. The Bertz CT molecular complexity index is 447. The molecule has 0 spiro atoms. The minimum absolute atomic E-state index is 0.0255. The molecule has 2 bridgehead atoms. The van der Waals surface area contributed by atoms with Crippen molar-refractivity contribution in [2.45, 2.75) is 51.4 Å². The van der Waals surface area contributed by atoms with Crippen molar-refractivity contribution in [3.05, 3.63) is 0 Å². The zero-order chi connectivity index (χ0) is 15.9. The van der Waals surface area contributed by atoms with E-state index in [2.05, 4.69) is 19.2 Å². The molecule has 3 rings (SSSR count). The second-order valence-corrected chi connectivity index (χ2v) is 7.34. The van der Waals surface area contributed by atoms with Crippen molar-refractivity contribution in [3.63, 3.8) is 0 Å². The van der Waals surface area contributed by atoms with Crippen LogP contribution in [-0.4, -0.2) is 59.8 Å². The van der Waals surface area contributed by atoms with Crippen LogP contribution in [0, 0.1) is 17.8 Å². The first-order chi connectivity index (χ1) is 10.4. The third-order valence-electron chi connectivity index (χ3n) is 4.95. The van der Waals surface area contributed by atoms with Crippen molar-refractivity contribution in [1.29, 1.82) is 0 Å². The lowest BCUT2D eigenvalue weighted by Gasteiger charge is -2.38. The van der Waals surface area contributed by atoms with Crippen molar-refractivity contribution in [3.8, 4) is 0 Å². The molecule has 2 heterocycles. The molecule has 0 aromatic heterocycles. The van der Waals surface area contributed by atoms with Crippen molar-refractivity contribution < 1.29 is 19.4 Å². The van der Waals surface area contributed by atoms with Crippen molar-refractivity contribution >= 4 is 11.8 Å². The number of carbonyl (C=O) groups excluding carboxylic acids is 2. The van der Waals surface area contributed by atoms with Gasteiger partial charge in [0, 0.05) is 25.6 Å². The second kappa shape index (κ2) is 6.16. The number of nitrogens with one attached hydrogen (secondary N) is 1. The molecule has 2 amide bonds. The topological polar surface area (TPSA) is 78.9 Å². The molecule has 124 valence electrons. The summed E-state index contributed by atoms with van der Waals surface area (Å²) < 4.78 is 5.87. The number of hydrogen-bond donors (Lipinski definition) is 2. The Labute approximate surface area is 131 Å². The quantitative estimate of drug-likeness (QED) is 0.774. The highest BCUT2D eigenvalue weighted by Gasteiger charge is 2.47. The molecule has 6 nitrogen and oxygen atoms in total. The summed E-state index contributed by atoms with van der Waals surface area (Å²) in [6.07, 6.45) is 1.32. The van der Waals surface area contributed by atoms with E-state index in [0.29, 0.717) is 44.8 Å². The minimum Gasteiger partial charge on any atom is -0.393 e. The normalized spacial score (nSPS) is 37.1. The lowest BCUT2D eigenvalue weighted by Crippen LogP contribution is -2.52. The Kier molecular flexibility index (Phi) is 4.41. The lowest BCUT2D eigenvalue weighted by atomic mass is 9.81. The number of rotatable bonds is 4. The first-order valence-electron chi connectivity index (χ1n) is 8.34. The van der Waals surface area contributed by atoms with Crippen LogP contribution in [0.2, 0.25) is 0 Å². The molecular formula is C16H26N2O4. The highest BCUT2D eigenvalue weighted by molar-refractivity contribution is 5.82. The van der Waals surface area contributed by atoms with Crippen LogP contribution in [0.15, 0.2) is 0 Å². The summed E-state index contributed by atoms with van der Waals surface area (Å²) in [6, 6.07) is 0. The van der Waals surface area contributed by atoms with E-state index in [9.17, 15) is 14.7 Å². The number of aliphatic hydroxyl groups is 1. The number of hydrogen-bond acceptors (Lipinski definition) is 4. The van der Waals surface area contributed by atoms with Gasteiger partial charge in [0.05, 0.1) is 24.2 Å². The number of aliphatic hydroxyl groups excluding tert-OH is 1. The maximum atomic E-state index is 12.4. The first-order valence-corrected chi connectivity index (χ1v) is 8.34. The summed E-state index contributed by atoms with van der Waals surface area (Å²) in [7, 11) is 0. The molecule has 3 unspecified atom stereocenters. The number of carbonyl (C=O) groups is 2. The van der Waals surface area contributed by atoms with E-state index < -0.39 is 0 Å². The van der Waals surface area contributed by atoms with E-state index in [-0.39, 0.29) is 42.0 Å². The fourth-order valence-corrected chi connectivity index (χ4v) is 3.60. The Morgan fingerprint density at radius 3 is 2.64 bits per heavy atom. The van der Waals surface area contributed by atoms with Crippen molar-refractivity contribution in [2.75, 3.05) is 19.6 Å². The molecule has 2 N–H and O–H groups in total. The summed E-state index contributed by atoms with van der Waals surface area (Å²) in [5.74, 6) is 0.407. The summed E-state index contributed by atoms with van der Waals surface area (Å²) in [4.78, 5) is 26.5. The van der Waals surface area contributed by atoms with Gasteiger partial charge in [0.15, 0.2) is 0 Å². The molecule has 3 fully saturated rings. The van der Waals surface area contributed by atoms with Gasteiger partial charge in [-0.25, -0.2) is 0 Å². The predicted octanol–water partition coefficient (Wildman–Crippen LogP) is 0.145. The van der Waals surface area contributed by atoms with E-state index in [1.54, 1.807) is 0 Å². The first kappa shape index (κ1) is 15.7. The van der Waals surface area contributed by atoms with Crippen LogP contribution in [0.25, 0.3) is 0 Å². The molecule has 1 aliphatic carbocycles. The molecule has 22 heavy (non-hydrogen) atoms. The number of fused-ring (bicyclic) bond motifs is 2. The molecule has 3 atom stereocenters. The van der Waals surface area contributed by atoms with Crippen molar-refractivity contribution in [1.82, 2.24) is 10.2 Å². The predicted molar refractivity (Wildman–Crippen MR) is 79.9 cm³/mol. The molecular weight excluding hydrogens is 284 g/mol. The van der Waals surface area contributed by atoms with Gasteiger partial charge in [-0.3, -0.25) is 9.59 Å². The van der Waals surface area contributed by atoms with Gasteiger partial charge in [-0.1, -0.05) is 13.8 Å². The Morgan fingerprint density at radius 1 is 1.27 bits per heavy atom. The molecule has 2 saturated heterocycles. The monoisotopic (exact) mass is 310 g/mol. The standard InChI is InChI=1S/C16H26N2O4/c1-9(2)6-17-15(20)13-5-12-7-18(8-14(13)22-12)16(21)10-3-11(19)4-10/h9-14,19H,3-8H2,1-2H3,(H,17,20). The molecule has 1 saturated carbocycles. The largest absolute Gasteiger partial charge is 0.393 e. The van der Waals surface area contributed by atoms with E-state index in [1.165, 1.54) is 0 Å². The zero-order valence-corrected chi connectivity index (χ0v) is 13.3.